The second-order valence-corrected chi connectivity index (χ2v) is 8.10. The molecule has 0 heterocycles. The van der Waals surface area contributed by atoms with Crippen LogP contribution in [0, 0.1) is 20.8 Å². The third-order valence-electron chi connectivity index (χ3n) is 5.47. The predicted octanol–water partition coefficient (Wildman–Crippen LogP) is 7.11. The highest BCUT2D eigenvalue weighted by atomic mass is 16.3. The summed E-state index contributed by atoms with van der Waals surface area (Å²) in [6, 6.07) is 8.94. The molecule has 0 fully saturated rings. The number of rotatable bonds is 5. The summed E-state index contributed by atoms with van der Waals surface area (Å²) in [7, 11) is 0. The van der Waals surface area contributed by atoms with Crippen LogP contribution in [-0.2, 0) is 0 Å². The van der Waals surface area contributed by atoms with E-state index < -0.39 is 0 Å². The molecule has 136 valence electrons. The maximum atomic E-state index is 10.3. The molecule has 1 atom stereocenters. The standard InChI is InChI=1S/C24H34O/c1-9-19(22-12-20(14(2)3)16(6)10-17(22)7)23-13-21(15(4)5)24(25)11-18(23)8/h10-15,19,25H,9H2,1-8H3. The smallest absolute Gasteiger partial charge is 0.119 e. The van der Waals surface area contributed by atoms with Gasteiger partial charge in [-0.25, -0.2) is 0 Å². The molecule has 0 radical (unpaired) electrons. The molecule has 1 N–H and O–H groups in total. The van der Waals surface area contributed by atoms with Crippen LogP contribution in [0.15, 0.2) is 24.3 Å². The Kier molecular flexibility index (Phi) is 5.98. The van der Waals surface area contributed by atoms with E-state index in [0.717, 1.165) is 12.0 Å². The van der Waals surface area contributed by atoms with E-state index >= 15 is 0 Å². The normalized spacial score (nSPS) is 12.9. The minimum Gasteiger partial charge on any atom is -0.508 e. The number of hydrogen-bond acceptors (Lipinski definition) is 1. The lowest BCUT2D eigenvalue weighted by molar-refractivity contribution is 0.463. The van der Waals surface area contributed by atoms with Crippen molar-refractivity contribution >= 4 is 0 Å². The molecule has 2 aromatic carbocycles. The Morgan fingerprint density at radius 2 is 1.12 bits per heavy atom. The maximum Gasteiger partial charge on any atom is 0.119 e. The maximum absolute atomic E-state index is 10.3. The van der Waals surface area contributed by atoms with Crippen molar-refractivity contribution < 1.29 is 5.11 Å². The van der Waals surface area contributed by atoms with Gasteiger partial charge in [-0.3, -0.25) is 0 Å². The summed E-state index contributed by atoms with van der Waals surface area (Å²) in [6.45, 7) is 17.7. The van der Waals surface area contributed by atoms with Gasteiger partial charge in [0, 0.05) is 5.92 Å². The Bertz CT molecular complexity index is 690. The van der Waals surface area contributed by atoms with E-state index in [4.69, 9.17) is 0 Å². The van der Waals surface area contributed by atoms with Crippen molar-refractivity contribution in [3.63, 3.8) is 0 Å². The highest BCUT2D eigenvalue weighted by Crippen LogP contribution is 2.38. The van der Waals surface area contributed by atoms with Gasteiger partial charge in [0.05, 0.1) is 0 Å². The monoisotopic (exact) mass is 338 g/mol. The fraction of sp³-hybridized carbons (Fsp3) is 0.500. The van der Waals surface area contributed by atoms with Gasteiger partial charge in [-0.1, -0.05) is 52.8 Å². The summed E-state index contributed by atoms with van der Waals surface area (Å²) in [5.74, 6) is 1.65. The Hall–Kier alpha value is -1.76. The Morgan fingerprint density at radius 3 is 1.60 bits per heavy atom. The predicted molar refractivity (Wildman–Crippen MR) is 109 cm³/mol. The van der Waals surface area contributed by atoms with Gasteiger partial charge >= 0.3 is 0 Å². The summed E-state index contributed by atoms with van der Waals surface area (Å²) in [4.78, 5) is 0. The number of aryl methyl sites for hydroxylation is 3. The van der Waals surface area contributed by atoms with Gasteiger partial charge < -0.3 is 5.11 Å². The first-order valence-corrected chi connectivity index (χ1v) is 9.61. The van der Waals surface area contributed by atoms with Crippen molar-refractivity contribution in [2.75, 3.05) is 0 Å². The molecule has 0 aliphatic carbocycles. The van der Waals surface area contributed by atoms with Crippen LogP contribution in [0.1, 0.15) is 97.7 Å². The number of aromatic hydroxyl groups is 1. The largest absolute Gasteiger partial charge is 0.508 e. The van der Waals surface area contributed by atoms with Crippen molar-refractivity contribution in [1.29, 1.82) is 0 Å². The van der Waals surface area contributed by atoms with Gasteiger partial charge in [-0.05, 0) is 84.0 Å². The minimum atomic E-state index is 0.321. The Morgan fingerprint density at radius 1 is 0.680 bits per heavy atom. The first-order chi connectivity index (χ1) is 11.7. The highest BCUT2D eigenvalue weighted by Gasteiger charge is 2.21. The SMILES string of the molecule is CCC(c1cc(C(C)C)c(C)cc1C)c1cc(C(C)C)c(O)cc1C. The lowest BCUT2D eigenvalue weighted by Gasteiger charge is -2.25. The molecule has 0 spiro atoms. The van der Waals surface area contributed by atoms with Gasteiger partial charge in [0.15, 0.2) is 0 Å². The molecule has 0 aliphatic rings. The van der Waals surface area contributed by atoms with E-state index in [1.807, 2.05) is 6.07 Å². The summed E-state index contributed by atoms with van der Waals surface area (Å²) in [5, 5.41) is 10.3. The van der Waals surface area contributed by atoms with Gasteiger partial charge in [0.1, 0.15) is 5.75 Å². The minimum absolute atomic E-state index is 0.321. The van der Waals surface area contributed by atoms with Gasteiger partial charge in [-0.2, -0.15) is 0 Å². The fourth-order valence-electron chi connectivity index (χ4n) is 4.06. The average molecular weight is 339 g/mol. The third kappa shape index (κ3) is 3.92. The first kappa shape index (κ1) is 19.6. The average Bonchev–Trinajstić information content (AvgIpc) is 2.50. The molecule has 0 saturated carbocycles. The molecule has 2 rings (SSSR count). The Balaban J connectivity index is 2.65. The zero-order chi connectivity index (χ0) is 18.9. The van der Waals surface area contributed by atoms with Crippen LogP contribution < -0.4 is 0 Å². The molecule has 1 heteroatoms. The van der Waals surface area contributed by atoms with Crippen molar-refractivity contribution in [2.24, 2.45) is 0 Å². The molecule has 0 amide bonds. The highest BCUT2D eigenvalue weighted by molar-refractivity contribution is 5.50. The number of phenolic OH excluding ortho intramolecular Hbond substituents is 1. The molecule has 0 aliphatic heterocycles. The van der Waals surface area contributed by atoms with Gasteiger partial charge in [-0.15, -0.1) is 0 Å². The molecule has 2 aromatic rings. The lowest BCUT2D eigenvalue weighted by atomic mass is 9.80. The fourth-order valence-corrected chi connectivity index (χ4v) is 4.06. The number of benzene rings is 2. The van der Waals surface area contributed by atoms with Crippen LogP contribution in [0.2, 0.25) is 0 Å². The van der Waals surface area contributed by atoms with E-state index in [9.17, 15) is 5.11 Å². The molecule has 0 aromatic heterocycles. The summed E-state index contributed by atoms with van der Waals surface area (Å²) in [6.07, 6.45) is 1.06. The van der Waals surface area contributed by atoms with E-state index in [1.165, 1.54) is 33.4 Å². The first-order valence-electron chi connectivity index (χ1n) is 9.61. The molecule has 0 bridgehead atoms. The second-order valence-electron chi connectivity index (χ2n) is 8.10. The molecule has 0 saturated heterocycles. The molecular weight excluding hydrogens is 304 g/mol. The van der Waals surface area contributed by atoms with Gasteiger partial charge in [0.2, 0.25) is 0 Å². The summed E-state index contributed by atoms with van der Waals surface area (Å²) < 4.78 is 0. The molecule has 1 unspecified atom stereocenters. The van der Waals surface area contributed by atoms with Crippen LogP contribution in [-0.4, -0.2) is 5.11 Å². The van der Waals surface area contributed by atoms with E-state index in [-0.39, 0.29) is 0 Å². The van der Waals surface area contributed by atoms with Crippen LogP contribution in [0.25, 0.3) is 0 Å². The second kappa shape index (κ2) is 7.64. The molecule has 1 nitrogen and oxygen atoms in total. The van der Waals surface area contributed by atoms with Crippen LogP contribution in [0.5, 0.6) is 5.75 Å². The quantitative estimate of drug-likeness (QED) is 0.616. The van der Waals surface area contributed by atoms with E-state index in [2.05, 4.69) is 73.6 Å². The Labute approximate surface area is 154 Å². The third-order valence-corrected chi connectivity index (χ3v) is 5.47. The van der Waals surface area contributed by atoms with Crippen LogP contribution >= 0.6 is 0 Å². The van der Waals surface area contributed by atoms with Crippen molar-refractivity contribution in [1.82, 2.24) is 0 Å². The van der Waals surface area contributed by atoms with Gasteiger partial charge in [0.25, 0.3) is 0 Å². The lowest BCUT2D eigenvalue weighted by Crippen LogP contribution is -2.08. The van der Waals surface area contributed by atoms with Crippen molar-refractivity contribution in [3.05, 3.63) is 63.2 Å². The number of hydrogen-bond donors (Lipinski definition) is 1. The zero-order valence-corrected chi connectivity index (χ0v) is 17.2. The number of phenols is 1. The molecule has 25 heavy (non-hydrogen) atoms. The summed E-state index contributed by atoms with van der Waals surface area (Å²) >= 11 is 0. The molecular formula is C24H34O. The topological polar surface area (TPSA) is 20.2 Å². The van der Waals surface area contributed by atoms with E-state index in [0.29, 0.717) is 23.5 Å². The van der Waals surface area contributed by atoms with Crippen LogP contribution in [0.4, 0.5) is 0 Å². The van der Waals surface area contributed by atoms with Crippen LogP contribution in [0.3, 0.4) is 0 Å². The van der Waals surface area contributed by atoms with E-state index in [1.54, 1.807) is 0 Å². The zero-order valence-electron chi connectivity index (χ0n) is 17.2. The van der Waals surface area contributed by atoms with Crippen molar-refractivity contribution in [2.45, 2.75) is 79.6 Å². The summed E-state index contributed by atoms with van der Waals surface area (Å²) in [5.41, 5.74) is 9.21. The van der Waals surface area contributed by atoms with Crippen molar-refractivity contribution in [3.8, 4) is 5.75 Å².